The zero-order chi connectivity index (χ0) is 103. The zero-order valence-corrected chi connectivity index (χ0v) is 83.3. The summed E-state index contributed by atoms with van der Waals surface area (Å²) in [6.45, 7) is 14.4. The molecule has 5 N–H and O–H groups in total. The van der Waals surface area contributed by atoms with Gasteiger partial charge in [0.1, 0.15) is 49.9 Å². The van der Waals surface area contributed by atoms with Gasteiger partial charge >= 0.3 is 43.5 Å². The first kappa shape index (κ1) is 113. The van der Waals surface area contributed by atoms with Crippen molar-refractivity contribution >= 4 is 67.5 Å². The summed E-state index contributed by atoms with van der Waals surface area (Å²) < 4.78 is 55.4. The predicted molar refractivity (Wildman–Crippen MR) is 544 cm³/mol. The van der Waals surface area contributed by atoms with Crippen molar-refractivity contribution in [3.8, 4) is 11.5 Å². The minimum absolute atomic E-state index is 0.0494. The molecule has 2 aliphatic heterocycles. The van der Waals surface area contributed by atoms with E-state index in [1.165, 1.54) is 14.2 Å². The molecule has 27 nitrogen and oxygen atoms in total. The Kier molecular flexibility index (Phi) is 47.5. The van der Waals surface area contributed by atoms with Gasteiger partial charge in [-0.05, 0) is 153 Å². The van der Waals surface area contributed by atoms with Crippen LogP contribution in [0.2, 0.25) is 0 Å². The number of allylic oxidation sites excluding steroid dienone is 1. The average Bonchev–Trinajstić information content (AvgIpc) is 1.59. The lowest BCUT2D eigenvalue weighted by molar-refractivity contribution is -0.170. The van der Waals surface area contributed by atoms with E-state index in [2.05, 4.69) is 37.4 Å². The summed E-state index contributed by atoms with van der Waals surface area (Å²) in [5, 5.41) is 21.8. The highest BCUT2D eigenvalue weighted by atomic mass is 31.2. The van der Waals surface area contributed by atoms with E-state index in [9.17, 15) is 57.6 Å². The number of likely N-dealkylation sites (tertiary alicyclic amines) is 2. The Morgan fingerprint density at radius 2 is 0.782 bits per heavy atom. The maximum Gasteiger partial charge on any atom is 0.407 e. The van der Waals surface area contributed by atoms with Crippen LogP contribution < -0.4 is 20.5 Å². The van der Waals surface area contributed by atoms with Gasteiger partial charge in [-0.1, -0.05) is 303 Å². The summed E-state index contributed by atoms with van der Waals surface area (Å²) in [6, 6.07) is 100. The number of nitrogens with two attached hydrogens (primary N) is 1. The molecule has 2 saturated heterocycles. The van der Waals surface area contributed by atoms with Gasteiger partial charge in [-0.15, -0.1) is 0 Å². The molecule has 2 aliphatic rings. The van der Waals surface area contributed by atoms with Crippen molar-refractivity contribution in [1.82, 2.24) is 20.2 Å². The van der Waals surface area contributed by atoms with Crippen LogP contribution in [0.4, 0.5) is 4.79 Å². The van der Waals surface area contributed by atoms with Gasteiger partial charge in [-0.3, -0.25) is 47.8 Å². The highest BCUT2D eigenvalue weighted by Gasteiger charge is 2.54. The van der Waals surface area contributed by atoms with Crippen molar-refractivity contribution in [2.45, 2.75) is 179 Å². The fourth-order valence-electron chi connectivity index (χ4n) is 15.6. The number of nitrogens with zero attached hydrogens (tertiary/aromatic N) is 3. The van der Waals surface area contributed by atoms with Crippen LogP contribution in [-0.4, -0.2) is 156 Å². The Morgan fingerprint density at radius 1 is 0.444 bits per heavy atom. The van der Waals surface area contributed by atoms with Crippen LogP contribution in [0.15, 0.2) is 333 Å². The molecule has 4 amide bonds. The van der Waals surface area contributed by atoms with E-state index >= 15 is 0 Å². The highest BCUT2D eigenvalue weighted by molar-refractivity contribution is 7.55. The summed E-state index contributed by atoms with van der Waals surface area (Å²) in [4.78, 5) is 129. The first-order valence-corrected chi connectivity index (χ1v) is 48.8. The second-order valence-electron chi connectivity index (χ2n) is 34.6. The quantitative estimate of drug-likeness (QED) is 0.00689. The van der Waals surface area contributed by atoms with Crippen molar-refractivity contribution in [3.63, 3.8) is 0 Å². The predicted octanol–water partition coefficient (Wildman–Crippen LogP) is 20.7. The van der Waals surface area contributed by atoms with Gasteiger partial charge in [-0.25, -0.2) is 9.86 Å². The normalized spacial score (nSPS) is 14.4. The third kappa shape index (κ3) is 37.6. The Labute approximate surface area is 833 Å². The van der Waals surface area contributed by atoms with Crippen LogP contribution in [0.1, 0.15) is 184 Å². The number of carboxylic acids is 2. The van der Waals surface area contributed by atoms with Gasteiger partial charge < -0.3 is 73.3 Å². The van der Waals surface area contributed by atoms with Gasteiger partial charge in [0.15, 0.2) is 0 Å². The number of alkyl carbamates (subject to hydrolysis) is 1. The van der Waals surface area contributed by atoms with Crippen molar-refractivity contribution < 1.29 is 105 Å². The zero-order valence-electron chi connectivity index (χ0n) is 82.4. The number of carbonyl (C=O) groups excluding carboxylic acids is 8. The number of carbonyl (C=O) groups is 10. The maximum absolute atomic E-state index is 13.6. The Morgan fingerprint density at radius 3 is 1.14 bits per heavy atom. The number of carboxylic acid groups (broad SMARTS) is 2. The molecule has 28 heteroatoms. The summed E-state index contributed by atoms with van der Waals surface area (Å²) in [5.74, 6) is -3.64. The van der Waals surface area contributed by atoms with Crippen molar-refractivity contribution in [2.24, 2.45) is 5.73 Å². The third-order valence-corrected chi connectivity index (χ3v) is 25.9. The molecular formula is C114H132N5O22P. The fourth-order valence-corrected chi connectivity index (χ4v) is 17.9. The number of amides is 4. The van der Waals surface area contributed by atoms with Crippen LogP contribution in [0.5, 0.6) is 11.5 Å². The molecule has 11 aromatic rings. The van der Waals surface area contributed by atoms with Crippen molar-refractivity contribution in [3.05, 3.63) is 394 Å². The summed E-state index contributed by atoms with van der Waals surface area (Å²) >= 11 is 0. The maximum atomic E-state index is 13.6. The lowest BCUT2D eigenvalue weighted by Crippen LogP contribution is -2.40. The van der Waals surface area contributed by atoms with E-state index in [0.29, 0.717) is 44.3 Å². The van der Waals surface area contributed by atoms with Crippen molar-refractivity contribution in [2.75, 3.05) is 54.7 Å². The first-order valence-electron chi connectivity index (χ1n) is 47.1. The summed E-state index contributed by atoms with van der Waals surface area (Å²) in [6.07, 6.45) is 5.37. The van der Waals surface area contributed by atoms with Gasteiger partial charge in [0.05, 0.1) is 52.3 Å². The van der Waals surface area contributed by atoms with Gasteiger partial charge in [-0.2, -0.15) is 0 Å². The number of hydroxylamine groups is 2. The smallest absolute Gasteiger partial charge is 0.407 e. The first-order chi connectivity index (χ1) is 68.4. The molecule has 0 aliphatic carbocycles. The summed E-state index contributed by atoms with van der Waals surface area (Å²) in [5.41, 5.74) is 14.7. The van der Waals surface area contributed by atoms with Gasteiger partial charge in [0, 0.05) is 87.4 Å². The summed E-state index contributed by atoms with van der Waals surface area (Å²) in [7, 11) is 2.74. The van der Waals surface area contributed by atoms with Crippen LogP contribution >= 0.6 is 7.60 Å². The van der Waals surface area contributed by atoms with E-state index in [1.807, 2.05) is 280 Å². The largest absolute Gasteiger partial charge is 0.497 e. The SMILES string of the molecule is CCOP(=O)(OCC)C1CC(C)(C)N(Cc2ccc(OC)cc2)C1=O.CON(C)C(=O)C(CNC(=O)OCc1ccccc1)c1ccccc1.COc1ccc(CN2C(=O)C(=CC(CCC(=O)OCc3ccccc3)c3ccccc3)CC2(C)C)cc1.NCC(C(=O)O)c1ccccc1.O=C(CCC(C(=O)O)c1ccccc1)OCc1ccccc1.O=CC(CCC(=O)OCc1ccccc1)c1ccccc1. The number of esters is 3. The number of benzene rings is 11. The van der Waals surface area contributed by atoms with Gasteiger partial charge in [0.25, 0.3) is 5.91 Å². The number of aliphatic carboxylic acids is 2. The molecule has 2 heterocycles. The molecule has 142 heavy (non-hydrogen) atoms. The molecule has 2 fully saturated rings. The highest BCUT2D eigenvalue weighted by Crippen LogP contribution is 2.59. The molecule has 0 spiro atoms. The van der Waals surface area contributed by atoms with Crippen molar-refractivity contribution in [1.29, 1.82) is 0 Å². The average molecular weight is 1960 g/mol. The Bertz CT molecular complexity index is 5730. The Balaban J connectivity index is 0.000000214. The van der Waals surface area contributed by atoms with E-state index in [1.54, 1.807) is 81.5 Å². The number of methoxy groups -OCH3 is 2. The molecule has 11 aromatic carbocycles. The fraction of sp³-hybridized carbons (Fsp3) is 0.316. The molecule has 0 aromatic heterocycles. The number of nitrogens with one attached hydrogen (secondary N) is 1. The van der Waals surface area contributed by atoms with E-state index in [0.717, 1.165) is 84.1 Å². The topological polar surface area (TPSA) is 359 Å². The molecule has 0 saturated carbocycles. The standard InChI is InChI=1S/C32H35NO4.C19H22N2O4.C18H28NO5P.C18H18O4.C18H18O3.C9H11NO2/c1-32(2)21-28(31(35)33(32)22-24-14-17-29(36-3)18-15-24)20-27(26-12-8-5-9-13-26)16-19-30(34)37-23-25-10-6-4-7-11-25;1-21(24-2)18(22)17(16-11-7-4-8-12-16)13-20-19(23)25-14-15-9-5-3-6-10-15;1-6-23-25(21,24-7-2)16-12-18(3,4)19(17(16)20)13-14-8-10-15(22-5)11-9-14;19-17(22-13-14-7-3-1-4-8-14)12-11-16(18(20)21)15-9-5-2-6-10-15;19-13-17(16-9-5-2-6-10-16)11-12-18(20)21-14-15-7-3-1-4-8-15;10-6-8(9(11)12)7-4-2-1-3-5-7/h4-15,17-18,20,27H,16,19,21-23H2,1-3H3;3-12,17H,13-14H2,1-2H3,(H,20,23);8-11,16H,6-7,12-13H2,1-5H3;1-10,16H,11-13H2,(H,20,21);1-10,13,17H,11-12,14H2;1-5,8H,6,10H2,(H,11,12). The van der Waals surface area contributed by atoms with Crippen LogP contribution in [0.25, 0.3) is 0 Å². The Hall–Kier alpha value is -14.5. The van der Waals surface area contributed by atoms with E-state index < -0.39 is 54.6 Å². The van der Waals surface area contributed by atoms with Crippen LogP contribution in [-0.2, 0) is 120 Å². The number of hydrogen-bond acceptors (Lipinski definition) is 21. The molecule has 6 atom stereocenters. The van der Waals surface area contributed by atoms with E-state index in [4.69, 9.17) is 53.1 Å². The lowest BCUT2D eigenvalue weighted by atomic mass is 9.90. The second kappa shape index (κ2) is 59.8. The van der Waals surface area contributed by atoms with Crippen LogP contribution in [0, 0.1) is 0 Å². The molecule has 0 radical (unpaired) electrons. The monoisotopic (exact) mass is 1950 g/mol. The third-order valence-electron chi connectivity index (χ3n) is 23.5. The number of likely N-dealkylation sites (N-methyl/N-ethyl adjacent to an activating group) is 1. The minimum Gasteiger partial charge on any atom is -0.497 e. The molecule has 0 bridgehead atoms. The van der Waals surface area contributed by atoms with E-state index in [-0.39, 0.29) is 131 Å². The number of ether oxygens (including phenoxy) is 6. The molecule has 750 valence electrons. The van der Waals surface area contributed by atoms with Gasteiger partial charge in [0.2, 0.25) is 11.8 Å². The molecular weight excluding hydrogens is 1820 g/mol. The lowest BCUT2D eigenvalue weighted by Gasteiger charge is -2.31. The number of hydrogen-bond donors (Lipinski definition) is 4. The molecule has 6 unspecified atom stereocenters. The minimum atomic E-state index is -3.47. The second-order valence-corrected chi connectivity index (χ2v) is 36.8. The van der Waals surface area contributed by atoms with Crippen LogP contribution in [0.3, 0.4) is 0 Å². The molecule has 13 rings (SSSR count). The number of rotatable bonds is 42. The number of aldehydes is 1.